The van der Waals surface area contributed by atoms with Gasteiger partial charge in [-0.15, -0.1) is 0 Å². The third-order valence-corrected chi connectivity index (χ3v) is 5.58. The van der Waals surface area contributed by atoms with Crippen molar-refractivity contribution in [2.75, 3.05) is 25.0 Å². The van der Waals surface area contributed by atoms with Gasteiger partial charge in [-0.25, -0.2) is 4.39 Å². The molecule has 0 bridgehead atoms. The lowest BCUT2D eigenvalue weighted by atomic mass is 10.1. The first-order valence-corrected chi connectivity index (χ1v) is 10.5. The second-order valence-electron chi connectivity index (χ2n) is 7.78. The monoisotopic (exact) mass is 431 g/mol. The van der Waals surface area contributed by atoms with Gasteiger partial charge in [0.15, 0.2) is 0 Å². The van der Waals surface area contributed by atoms with Crippen molar-refractivity contribution < 1.29 is 14.0 Å². The van der Waals surface area contributed by atoms with Gasteiger partial charge in [0.05, 0.1) is 0 Å². The number of carbonyl (C=O) groups is 2. The van der Waals surface area contributed by atoms with Crippen molar-refractivity contribution >= 4 is 29.1 Å². The standard InChI is InChI=1S/C23H27ClFN3O2/c1-16-14-27(15-18-3-8-21(25)9-4-18)11-12-28(16)23(30)10-6-19-5-7-20(24)13-22(19)26-17(2)29/h3-5,7-9,13,16H,6,10-12,14-15H2,1-2H3,(H,26,29)/t16-/m1/s1. The third-order valence-electron chi connectivity index (χ3n) is 5.34. The van der Waals surface area contributed by atoms with Crippen LogP contribution in [0.3, 0.4) is 0 Å². The van der Waals surface area contributed by atoms with E-state index < -0.39 is 0 Å². The normalized spacial score (nSPS) is 17.1. The number of anilines is 1. The van der Waals surface area contributed by atoms with Crippen molar-refractivity contribution in [3.8, 4) is 0 Å². The van der Waals surface area contributed by atoms with Crippen LogP contribution in [-0.2, 0) is 22.6 Å². The largest absolute Gasteiger partial charge is 0.337 e. The summed E-state index contributed by atoms with van der Waals surface area (Å²) in [5, 5.41) is 3.32. The van der Waals surface area contributed by atoms with Crippen LogP contribution in [0, 0.1) is 5.82 Å². The van der Waals surface area contributed by atoms with Crippen molar-refractivity contribution in [2.24, 2.45) is 0 Å². The fraction of sp³-hybridized carbons (Fsp3) is 0.391. The average molecular weight is 432 g/mol. The van der Waals surface area contributed by atoms with E-state index in [-0.39, 0.29) is 23.7 Å². The Kier molecular flexibility index (Phi) is 7.45. The minimum absolute atomic E-state index is 0.103. The van der Waals surface area contributed by atoms with Crippen LogP contribution >= 0.6 is 11.6 Å². The van der Waals surface area contributed by atoms with E-state index in [2.05, 4.69) is 17.1 Å². The molecular weight excluding hydrogens is 405 g/mol. The van der Waals surface area contributed by atoms with Crippen molar-refractivity contribution in [1.82, 2.24) is 9.80 Å². The van der Waals surface area contributed by atoms with Gasteiger partial charge in [-0.1, -0.05) is 29.8 Å². The van der Waals surface area contributed by atoms with Gasteiger partial charge in [-0.05, 0) is 48.7 Å². The topological polar surface area (TPSA) is 52.7 Å². The average Bonchev–Trinajstić information content (AvgIpc) is 2.68. The van der Waals surface area contributed by atoms with Crippen LogP contribution in [0.15, 0.2) is 42.5 Å². The van der Waals surface area contributed by atoms with E-state index in [0.29, 0.717) is 30.1 Å². The lowest BCUT2D eigenvalue weighted by Gasteiger charge is -2.40. The van der Waals surface area contributed by atoms with E-state index in [4.69, 9.17) is 11.6 Å². The summed E-state index contributed by atoms with van der Waals surface area (Å²) < 4.78 is 13.1. The van der Waals surface area contributed by atoms with E-state index in [9.17, 15) is 14.0 Å². The predicted octanol–water partition coefficient (Wildman–Crippen LogP) is 4.10. The molecule has 0 radical (unpaired) electrons. The van der Waals surface area contributed by atoms with Gasteiger partial charge >= 0.3 is 0 Å². The maximum atomic E-state index is 13.1. The van der Waals surface area contributed by atoms with Gasteiger partial charge in [-0.2, -0.15) is 0 Å². The van der Waals surface area contributed by atoms with Gasteiger partial charge < -0.3 is 10.2 Å². The van der Waals surface area contributed by atoms with Crippen LogP contribution in [0.2, 0.25) is 5.02 Å². The number of carbonyl (C=O) groups excluding carboxylic acids is 2. The molecule has 1 aliphatic rings. The zero-order valence-electron chi connectivity index (χ0n) is 17.3. The second-order valence-corrected chi connectivity index (χ2v) is 8.22. The minimum Gasteiger partial charge on any atom is -0.337 e. The van der Waals surface area contributed by atoms with Crippen LogP contribution in [0.4, 0.5) is 10.1 Å². The number of hydrogen-bond donors (Lipinski definition) is 1. The van der Waals surface area contributed by atoms with Gasteiger partial charge in [0, 0.05) is 56.3 Å². The summed E-state index contributed by atoms with van der Waals surface area (Å²) in [5.74, 6) is -0.298. The van der Waals surface area contributed by atoms with Crippen LogP contribution in [-0.4, -0.2) is 47.3 Å². The summed E-state index contributed by atoms with van der Waals surface area (Å²) in [6.45, 7) is 6.48. The van der Waals surface area contributed by atoms with Crippen LogP contribution in [0.1, 0.15) is 31.4 Å². The first kappa shape index (κ1) is 22.2. The molecule has 1 saturated heterocycles. The highest BCUT2D eigenvalue weighted by atomic mass is 35.5. The van der Waals surface area contributed by atoms with E-state index in [1.54, 1.807) is 24.3 Å². The number of piperazine rings is 1. The van der Waals surface area contributed by atoms with Gasteiger partial charge in [0.25, 0.3) is 0 Å². The van der Waals surface area contributed by atoms with E-state index in [1.165, 1.54) is 19.1 Å². The Balaban J connectivity index is 1.54. The summed E-state index contributed by atoms with van der Waals surface area (Å²) in [4.78, 5) is 28.5. The summed E-state index contributed by atoms with van der Waals surface area (Å²) in [6.07, 6.45) is 0.907. The number of benzene rings is 2. The third kappa shape index (κ3) is 6.03. The second kappa shape index (κ2) is 10.0. The quantitative estimate of drug-likeness (QED) is 0.749. The van der Waals surface area contributed by atoms with Gasteiger partial charge in [0.2, 0.25) is 11.8 Å². The van der Waals surface area contributed by atoms with Crippen molar-refractivity contribution in [1.29, 1.82) is 0 Å². The smallest absolute Gasteiger partial charge is 0.223 e. The molecule has 160 valence electrons. The molecule has 2 aromatic rings. The molecule has 1 N–H and O–H groups in total. The molecular formula is C23H27ClFN3O2. The Morgan fingerprint density at radius 2 is 1.90 bits per heavy atom. The van der Waals surface area contributed by atoms with E-state index in [1.807, 2.05) is 11.0 Å². The molecule has 1 atom stereocenters. The minimum atomic E-state index is -0.232. The fourth-order valence-electron chi connectivity index (χ4n) is 3.85. The summed E-state index contributed by atoms with van der Waals surface area (Å²) in [6, 6.07) is 12.0. The van der Waals surface area contributed by atoms with E-state index >= 15 is 0 Å². The Morgan fingerprint density at radius 1 is 1.17 bits per heavy atom. The number of rotatable bonds is 6. The highest BCUT2D eigenvalue weighted by Crippen LogP contribution is 2.23. The molecule has 0 spiro atoms. The molecule has 2 amide bonds. The molecule has 1 fully saturated rings. The highest BCUT2D eigenvalue weighted by molar-refractivity contribution is 6.31. The fourth-order valence-corrected chi connectivity index (χ4v) is 4.03. The number of nitrogens with zero attached hydrogens (tertiary/aromatic N) is 2. The molecule has 3 rings (SSSR count). The zero-order valence-corrected chi connectivity index (χ0v) is 18.1. The molecule has 7 heteroatoms. The molecule has 0 unspecified atom stereocenters. The first-order chi connectivity index (χ1) is 14.3. The molecule has 0 saturated carbocycles. The number of aryl methyl sites for hydroxylation is 1. The van der Waals surface area contributed by atoms with Crippen LogP contribution in [0.25, 0.3) is 0 Å². The lowest BCUT2D eigenvalue weighted by Crippen LogP contribution is -2.53. The maximum absolute atomic E-state index is 13.1. The van der Waals surface area contributed by atoms with Crippen molar-refractivity contribution in [2.45, 2.75) is 39.3 Å². The SMILES string of the molecule is CC(=O)Nc1cc(Cl)ccc1CCC(=O)N1CCN(Cc2ccc(F)cc2)C[C@H]1C. The molecule has 2 aromatic carbocycles. The molecule has 5 nitrogen and oxygen atoms in total. The number of nitrogens with one attached hydrogen (secondary N) is 1. The Morgan fingerprint density at radius 3 is 2.57 bits per heavy atom. The predicted molar refractivity (Wildman–Crippen MR) is 117 cm³/mol. The lowest BCUT2D eigenvalue weighted by molar-refractivity contribution is -0.135. The zero-order chi connectivity index (χ0) is 21.7. The Labute approximate surface area is 181 Å². The molecule has 30 heavy (non-hydrogen) atoms. The van der Waals surface area contributed by atoms with Crippen LogP contribution in [0.5, 0.6) is 0 Å². The highest BCUT2D eigenvalue weighted by Gasteiger charge is 2.27. The molecule has 0 aliphatic carbocycles. The molecule has 1 aliphatic heterocycles. The van der Waals surface area contributed by atoms with Gasteiger partial charge in [0.1, 0.15) is 5.82 Å². The molecule has 1 heterocycles. The van der Waals surface area contributed by atoms with Crippen molar-refractivity contribution in [3.05, 3.63) is 64.4 Å². The van der Waals surface area contributed by atoms with E-state index in [0.717, 1.165) is 30.8 Å². The molecule has 0 aromatic heterocycles. The Bertz CT molecular complexity index is 904. The summed E-state index contributed by atoms with van der Waals surface area (Å²) >= 11 is 6.03. The summed E-state index contributed by atoms with van der Waals surface area (Å²) in [7, 11) is 0. The Hall–Kier alpha value is -2.44. The van der Waals surface area contributed by atoms with Crippen molar-refractivity contribution in [3.63, 3.8) is 0 Å². The number of amides is 2. The number of halogens is 2. The number of hydrogen-bond acceptors (Lipinski definition) is 3. The van der Waals surface area contributed by atoms with Gasteiger partial charge in [-0.3, -0.25) is 14.5 Å². The van der Waals surface area contributed by atoms with Crippen LogP contribution < -0.4 is 5.32 Å². The summed E-state index contributed by atoms with van der Waals surface area (Å²) in [5.41, 5.74) is 2.61. The first-order valence-electron chi connectivity index (χ1n) is 10.1. The maximum Gasteiger partial charge on any atom is 0.223 e.